The van der Waals surface area contributed by atoms with Crippen molar-refractivity contribution in [3.63, 3.8) is 0 Å². The van der Waals surface area contributed by atoms with Crippen molar-refractivity contribution in [1.29, 1.82) is 0 Å². The lowest BCUT2D eigenvalue weighted by atomic mass is 9.79. The third kappa shape index (κ3) is 2.19. The maximum Gasteiger partial charge on any atom is 0.145 e. The normalized spacial score (nSPS) is 20.9. The Hall–Kier alpha value is -1.96. The number of aryl methyl sites for hydroxylation is 1. The van der Waals surface area contributed by atoms with Crippen molar-refractivity contribution in [3.05, 3.63) is 65.0 Å². The van der Waals surface area contributed by atoms with Crippen LogP contribution in [0.15, 0.2) is 42.6 Å². The van der Waals surface area contributed by atoms with Gasteiger partial charge in [-0.1, -0.05) is 30.3 Å². The molecule has 1 heterocycles. The van der Waals surface area contributed by atoms with Gasteiger partial charge in [0.05, 0.1) is 11.6 Å². The maximum atomic E-state index is 13.0. The maximum absolute atomic E-state index is 13.0. The van der Waals surface area contributed by atoms with E-state index in [0.717, 1.165) is 37.8 Å². The highest BCUT2D eigenvalue weighted by Crippen LogP contribution is 2.36. The zero-order valence-corrected chi connectivity index (χ0v) is 12.1. The summed E-state index contributed by atoms with van der Waals surface area (Å²) in [5.41, 5.74) is 5.03. The van der Waals surface area contributed by atoms with E-state index in [0.29, 0.717) is 5.78 Å². The molecule has 2 aliphatic rings. The van der Waals surface area contributed by atoms with Gasteiger partial charge in [0.15, 0.2) is 0 Å². The molecular weight excluding hydrogens is 258 g/mol. The summed E-state index contributed by atoms with van der Waals surface area (Å²) in [5, 5.41) is 0. The molecule has 1 aromatic heterocycles. The van der Waals surface area contributed by atoms with Crippen LogP contribution in [0.2, 0.25) is 0 Å². The Morgan fingerprint density at radius 3 is 2.48 bits per heavy atom. The Kier molecular flexibility index (Phi) is 3.10. The summed E-state index contributed by atoms with van der Waals surface area (Å²) in [5.74, 6) is 0.584. The lowest BCUT2D eigenvalue weighted by Gasteiger charge is -2.25. The molecule has 0 aliphatic heterocycles. The van der Waals surface area contributed by atoms with E-state index < -0.39 is 0 Å². The van der Waals surface area contributed by atoms with Crippen LogP contribution >= 0.6 is 0 Å². The second-order valence-electron chi connectivity index (χ2n) is 6.27. The summed E-state index contributed by atoms with van der Waals surface area (Å²) in [7, 11) is 0. The first kappa shape index (κ1) is 12.8. The molecule has 0 saturated carbocycles. The van der Waals surface area contributed by atoms with E-state index >= 15 is 0 Å². The van der Waals surface area contributed by atoms with Crippen molar-refractivity contribution < 1.29 is 4.79 Å². The highest BCUT2D eigenvalue weighted by atomic mass is 16.1. The van der Waals surface area contributed by atoms with E-state index in [1.165, 1.54) is 16.7 Å². The number of pyridine rings is 1. The molecule has 0 N–H and O–H groups in total. The Labute approximate surface area is 125 Å². The van der Waals surface area contributed by atoms with Gasteiger partial charge >= 0.3 is 0 Å². The predicted molar refractivity (Wildman–Crippen MR) is 82.3 cm³/mol. The number of Topliss-reactive ketones (excluding diaryl/α,β-unsaturated/α-hetero) is 1. The molecule has 2 aromatic rings. The van der Waals surface area contributed by atoms with Gasteiger partial charge in [-0.15, -0.1) is 0 Å². The largest absolute Gasteiger partial charge is 0.299 e. The van der Waals surface area contributed by atoms with Crippen LogP contribution in [0.3, 0.4) is 0 Å². The summed E-state index contributed by atoms with van der Waals surface area (Å²) in [6.45, 7) is 0. The quantitative estimate of drug-likeness (QED) is 0.841. The zero-order chi connectivity index (χ0) is 14.2. The fourth-order valence-electron chi connectivity index (χ4n) is 3.93. The Morgan fingerprint density at radius 1 is 1.00 bits per heavy atom. The molecule has 0 radical (unpaired) electrons. The van der Waals surface area contributed by atoms with Gasteiger partial charge in [0.25, 0.3) is 0 Å². The predicted octanol–water partition coefficient (Wildman–Crippen LogP) is 3.49. The second kappa shape index (κ2) is 5.10. The van der Waals surface area contributed by atoms with Crippen LogP contribution in [-0.4, -0.2) is 10.8 Å². The molecule has 2 heteroatoms. The number of ketones is 1. The van der Waals surface area contributed by atoms with Crippen LogP contribution in [0, 0.1) is 5.92 Å². The Balaban J connectivity index is 1.60. The van der Waals surface area contributed by atoms with Gasteiger partial charge < -0.3 is 0 Å². The average molecular weight is 277 g/mol. The summed E-state index contributed by atoms with van der Waals surface area (Å²) in [4.78, 5) is 17.5. The van der Waals surface area contributed by atoms with Gasteiger partial charge in [0.2, 0.25) is 0 Å². The third-order valence-corrected chi connectivity index (χ3v) is 4.99. The van der Waals surface area contributed by atoms with Crippen molar-refractivity contribution in [2.75, 3.05) is 0 Å². The Bertz CT molecular complexity index is 666. The van der Waals surface area contributed by atoms with Gasteiger partial charge in [-0.3, -0.25) is 9.78 Å². The summed E-state index contributed by atoms with van der Waals surface area (Å²) in [6.07, 6.45) is 6.79. The average Bonchev–Trinajstić information content (AvgIpc) is 2.97. The molecular formula is C19H19NO. The summed E-state index contributed by atoms with van der Waals surface area (Å²) in [6, 6.07) is 12.6. The molecule has 0 spiro atoms. The number of carbonyl (C=O) groups is 1. The molecule has 21 heavy (non-hydrogen) atoms. The molecule has 2 aliphatic carbocycles. The van der Waals surface area contributed by atoms with Crippen LogP contribution in [0.5, 0.6) is 0 Å². The van der Waals surface area contributed by atoms with E-state index in [1.54, 1.807) is 0 Å². The minimum absolute atomic E-state index is 0.0225. The molecule has 0 saturated heterocycles. The highest BCUT2D eigenvalue weighted by Gasteiger charge is 2.35. The standard InChI is InChI=1S/C19H19NO/c21-19(16-11-14-5-1-2-6-15(14)12-16)17-9-3-7-13-8-4-10-20-18(13)17/h1-2,4-6,8,10,16-17H,3,7,9,11-12H2. The van der Waals surface area contributed by atoms with Crippen LogP contribution in [-0.2, 0) is 24.1 Å². The molecule has 4 rings (SSSR count). The smallest absolute Gasteiger partial charge is 0.145 e. The first-order chi connectivity index (χ1) is 10.3. The number of aromatic nitrogens is 1. The minimum atomic E-state index is 0.0225. The van der Waals surface area contributed by atoms with Crippen molar-refractivity contribution in [3.8, 4) is 0 Å². The van der Waals surface area contributed by atoms with Gasteiger partial charge in [-0.2, -0.15) is 0 Å². The number of hydrogen-bond donors (Lipinski definition) is 0. The topological polar surface area (TPSA) is 30.0 Å². The minimum Gasteiger partial charge on any atom is -0.299 e. The molecule has 1 aromatic carbocycles. The number of hydrogen-bond acceptors (Lipinski definition) is 2. The number of rotatable bonds is 2. The van der Waals surface area contributed by atoms with Crippen LogP contribution in [0.25, 0.3) is 0 Å². The lowest BCUT2D eigenvalue weighted by molar-refractivity contribution is -0.124. The first-order valence-electron chi connectivity index (χ1n) is 7.87. The van der Waals surface area contributed by atoms with Crippen molar-refractivity contribution in [1.82, 2.24) is 4.98 Å². The van der Waals surface area contributed by atoms with Crippen molar-refractivity contribution >= 4 is 5.78 Å². The monoisotopic (exact) mass is 277 g/mol. The number of benzene rings is 1. The van der Waals surface area contributed by atoms with Gasteiger partial charge in [0.1, 0.15) is 5.78 Å². The van der Waals surface area contributed by atoms with Crippen molar-refractivity contribution in [2.24, 2.45) is 5.92 Å². The summed E-state index contributed by atoms with van der Waals surface area (Å²) < 4.78 is 0. The molecule has 1 atom stereocenters. The van der Waals surface area contributed by atoms with Crippen molar-refractivity contribution in [2.45, 2.75) is 38.0 Å². The van der Waals surface area contributed by atoms with E-state index in [-0.39, 0.29) is 11.8 Å². The molecule has 2 nitrogen and oxygen atoms in total. The Morgan fingerprint density at radius 2 is 1.71 bits per heavy atom. The lowest BCUT2D eigenvalue weighted by Crippen LogP contribution is -2.26. The SMILES string of the molecule is O=C(C1Cc2ccccc2C1)C1CCCc2cccnc21. The van der Waals surface area contributed by atoms with Crippen LogP contribution in [0.4, 0.5) is 0 Å². The number of nitrogens with zero attached hydrogens (tertiary/aromatic N) is 1. The fraction of sp³-hybridized carbons (Fsp3) is 0.368. The molecule has 1 unspecified atom stereocenters. The molecule has 0 amide bonds. The van der Waals surface area contributed by atoms with Crippen LogP contribution in [0.1, 0.15) is 41.1 Å². The highest BCUT2D eigenvalue weighted by molar-refractivity contribution is 5.89. The van der Waals surface area contributed by atoms with Gasteiger partial charge in [-0.05, 0) is 54.9 Å². The summed E-state index contributed by atoms with van der Waals surface area (Å²) >= 11 is 0. The van der Waals surface area contributed by atoms with E-state index in [4.69, 9.17) is 0 Å². The van der Waals surface area contributed by atoms with E-state index in [1.807, 2.05) is 12.3 Å². The molecule has 0 fully saturated rings. The van der Waals surface area contributed by atoms with Gasteiger partial charge in [-0.25, -0.2) is 0 Å². The third-order valence-electron chi connectivity index (χ3n) is 4.99. The first-order valence-corrected chi connectivity index (χ1v) is 7.87. The second-order valence-corrected chi connectivity index (χ2v) is 6.27. The fourth-order valence-corrected chi connectivity index (χ4v) is 3.93. The molecule has 106 valence electrons. The number of carbonyl (C=O) groups excluding carboxylic acids is 1. The molecule has 0 bridgehead atoms. The van der Waals surface area contributed by atoms with Crippen LogP contribution < -0.4 is 0 Å². The van der Waals surface area contributed by atoms with E-state index in [9.17, 15) is 4.79 Å². The van der Waals surface area contributed by atoms with E-state index in [2.05, 4.69) is 35.3 Å². The van der Waals surface area contributed by atoms with Gasteiger partial charge in [0, 0.05) is 12.1 Å². The number of fused-ring (bicyclic) bond motifs is 2. The zero-order valence-electron chi connectivity index (χ0n) is 12.1.